The lowest BCUT2D eigenvalue weighted by molar-refractivity contribution is -0.127. The largest absolute Gasteiger partial charge is 0.495 e. The van der Waals surface area contributed by atoms with Crippen LogP contribution in [0.2, 0.25) is 10.0 Å². The van der Waals surface area contributed by atoms with Gasteiger partial charge in [-0.15, -0.1) is 0 Å². The minimum atomic E-state index is -0.0306. The number of methoxy groups -OCH3 is 2. The summed E-state index contributed by atoms with van der Waals surface area (Å²) < 4.78 is 10.8. The maximum atomic E-state index is 11.9. The number of hydrogen-bond donors (Lipinski definition) is 1. The Morgan fingerprint density at radius 3 is 2.53 bits per heavy atom. The number of nitrogens with zero attached hydrogens (tertiary/aromatic N) is 3. The van der Waals surface area contributed by atoms with Gasteiger partial charge in [-0.3, -0.25) is 4.79 Å². The normalized spacial score (nSPS) is 18.0. The van der Waals surface area contributed by atoms with Gasteiger partial charge in [-0.1, -0.05) is 42.8 Å². The first kappa shape index (κ1) is 24.1. The molecule has 9 heteroatoms. The van der Waals surface area contributed by atoms with E-state index in [-0.39, 0.29) is 17.9 Å². The molecule has 1 saturated heterocycles. The molecular formula is C25H26Cl2N4O3. The van der Waals surface area contributed by atoms with E-state index in [4.69, 9.17) is 32.7 Å². The number of benzene rings is 2. The Morgan fingerprint density at radius 1 is 1.21 bits per heavy atom. The number of carbonyl (C=O) groups is 1. The number of ether oxygens (including phenoxy) is 2. The van der Waals surface area contributed by atoms with Crippen molar-refractivity contribution in [2.45, 2.75) is 19.4 Å². The first-order chi connectivity index (χ1) is 16.4. The summed E-state index contributed by atoms with van der Waals surface area (Å²) in [4.78, 5) is 22.9. The zero-order chi connectivity index (χ0) is 24.4. The summed E-state index contributed by atoms with van der Waals surface area (Å²) in [5, 5.41) is 5.09. The van der Waals surface area contributed by atoms with E-state index >= 15 is 0 Å². The van der Waals surface area contributed by atoms with Gasteiger partial charge < -0.3 is 19.7 Å². The molecule has 1 aliphatic heterocycles. The third kappa shape index (κ3) is 4.63. The summed E-state index contributed by atoms with van der Waals surface area (Å²) in [6.45, 7) is 7.04. The number of amides is 1. The number of likely N-dealkylation sites (tertiary alicyclic amines) is 1. The summed E-state index contributed by atoms with van der Waals surface area (Å²) in [5.74, 6) is 1.73. The van der Waals surface area contributed by atoms with Crippen molar-refractivity contribution in [3.63, 3.8) is 0 Å². The highest BCUT2D eigenvalue weighted by molar-refractivity contribution is 6.41. The second kappa shape index (κ2) is 10.1. The van der Waals surface area contributed by atoms with Crippen LogP contribution in [0.1, 0.15) is 13.3 Å². The summed E-state index contributed by atoms with van der Waals surface area (Å²) >= 11 is 13.2. The van der Waals surface area contributed by atoms with Gasteiger partial charge >= 0.3 is 0 Å². The van der Waals surface area contributed by atoms with Gasteiger partial charge in [-0.05, 0) is 36.1 Å². The number of fused-ring (bicyclic) bond motifs is 1. The van der Waals surface area contributed by atoms with Crippen molar-refractivity contribution in [1.29, 1.82) is 0 Å². The molecule has 3 aromatic rings. The standard InChI is InChI=1S/C25H26Cl2N4O3/c1-5-21(32)31-9-8-17(14(2)13-31)29-25-28-12-16-10-15(6-7-18(16)30-25)22-23(26)19(33-3)11-20(34-4)24(22)27/h5-7,10-12,14,17H,1,8-9,13H2,2-4H3,(H,28,29,30). The Hall–Kier alpha value is -3.03. The van der Waals surface area contributed by atoms with Crippen LogP contribution < -0.4 is 14.8 Å². The summed E-state index contributed by atoms with van der Waals surface area (Å²) in [7, 11) is 3.09. The van der Waals surface area contributed by atoms with E-state index in [0.717, 1.165) is 22.9 Å². The molecule has 2 heterocycles. The number of aromatic nitrogens is 2. The quantitative estimate of drug-likeness (QED) is 0.453. The van der Waals surface area contributed by atoms with Gasteiger partial charge in [0.05, 0.1) is 29.8 Å². The van der Waals surface area contributed by atoms with E-state index in [0.29, 0.717) is 46.1 Å². The van der Waals surface area contributed by atoms with Crippen LogP contribution in [0.5, 0.6) is 11.5 Å². The van der Waals surface area contributed by atoms with Gasteiger partial charge in [0.2, 0.25) is 11.9 Å². The number of hydrogen-bond acceptors (Lipinski definition) is 6. The Bertz CT molecular complexity index is 1220. The highest BCUT2D eigenvalue weighted by Crippen LogP contribution is 2.46. The van der Waals surface area contributed by atoms with Crippen molar-refractivity contribution >= 4 is 46.0 Å². The molecular weight excluding hydrogens is 475 g/mol. The lowest BCUT2D eigenvalue weighted by Crippen LogP contribution is -2.47. The lowest BCUT2D eigenvalue weighted by atomic mass is 9.94. The summed E-state index contributed by atoms with van der Waals surface area (Å²) in [5.41, 5.74) is 2.21. The minimum Gasteiger partial charge on any atom is -0.495 e. The van der Waals surface area contributed by atoms with Crippen LogP contribution in [0, 0.1) is 5.92 Å². The molecule has 1 aliphatic rings. The molecule has 178 valence electrons. The molecule has 1 aromatic heterocycles. The van der Waals surface area contributed by atoms with E-state index < -0.39 is 0 Å². The smallest absolute Gasteiger partial charge is 0.245 e. The van der Waals surface area contributed by atoms with Crippen LogP contribution in [0.4, 0.5) is 5.95 Å². The first-order valence-electron chi connectivity index (χ1n) is 10.9. The number of halogens is 2. The van der Waals surface area contributed by atoms with Crippen molar-refractivity contribution in [3.05, 3.63) is 53.2 Å². The topological polar surface area (TPSA) is 76.6 Å². The Labute approximate surface area is 208 Å². The maximum absolute atomic E-state index is 11.9. The number of anilines is 1. The van der Waals surface area contributed by atoms with Crippen molar-refractivity contribution < 1.29 is 14.3 Å². The summed E-state index contributed by atoms with van der Waals surface area (Å²) in [6, 6.07) is 7.59. The average Bonchev–Trinajstić information content (AvgIpc) is 2.85. The molecule has 7 nitrogen and oxygen atoms in total. The van der Waals surface area contributed by atoms with Crippen molar-refractivity contribution in [2.75, 3.05) is 32.6 Å². The number of nitrogens with one attached hydrogen (secondary N) is 1. The van der Waals surface area contributed by atoms with E-state index in [1.807, 2.05) is 23.1 Å². The second-order valence-corrected chi connectivity index (χ2v) is 9.01. The van der Waals surface area contributed by atoms with Crippen LogP contribution >= 0.6 is 23.2 Å². The van der Waals surface area contributed by atoms with Crippen LogP contribution in [-0.2, 0) is 4.79 Å². The molecule has 2 atom stereocenters. The van der Waals surface area contributed by atoms with Crippen molar-refractivity contribution in [2.24, 2.45) is 5.92 Å². The SMILES string of the molecule is C=CC(=O)N1CCC(Nc2ncc3cc(-c4c(Cl)c(OC)cc(OC)c4Cl)ccc3n2)C(C)C1. The number of piperidine rings is 1. The van der Waals surface area contributed by atoms with Gasteiger partial charge in [-0.2, -0.15) is 0 Å². The molecule has 1 amide bonds. The van der Waals surface area contributed by atoms with Crippen LogP contribution in [-0.4, -0.2) is 54.1 Å². The molecule has 0 bridgehead atoms. The van der Waals surface area contributed by atoms with Gasteiger partial charge in [0, 0.05) is 42.3 Å². The van der Waals surface area contributed by atoms with Crippen LogP contribution in [0.25, 0.3) is 22.0 Å². The third-order valence-electron chi connectivity index (χ3n) is 6.15. The van der Waals surface area contributed by atoms with Crippen LogP contribution in [0.15, 0.2) is 43.1 Å². The maximum Gasteiger partial charge on any atom is 0.245 e. The zero-order valence-corrected chi connectivity index (χ0v) is 20.8. The lowest BCUT2D eigenvalue weighted by Gasteiger charge is -2.36. The highest BCUT2D eigenvalue weighted by Gasteiger charge is 2.28. The molecule has 2 unspecified atom stereocenters. The summed E-state index contributed by atoms with van der Waals surface area (Å²) in [6.07, 6.45) is 3.95. The van der Waals surface area contributed by atoms with Gasteiger partial charge in [0.15, 0.2) is 0 Å². The van der Waals surface area contributed by atoms with Crippen molar-refractivity contribution in [3.8, 4) is 22.6 Å². The number of rotatable bonds is 6. The molecule has 0 spiro atoms. The fourth-order valence-electron chi connectivity index (χ4n) is 4.25. The zero-order valence-electron chi connectivity index (χ0n) is 19.3. The van der Waals surface area contributed by atoms with E-state index in [9.17, 15) is 4.79 Å². The second-order valence-electron chi connectivity index (χ2n) is 8.26. The molecule has 0 aliphatic carbocycles. The monoisotopic (exact) mass is 500 g/mol. The molecule has 1 N–H and O–H groups in total. The fourth-order valence-corrected chi connectivity index (χ4v) is 4.97. The minimum absolute atomic E-state index is 0.0306. The Morgan fingerprint density at radius 2 is 1.91 bits per heavy atom. The third-order valence-corrected chi connectivity index (χ3v) is 6.90. The molecule has 4 rings (SSSR count). The fraction of sp³-hybridized carbons (Fsp3) is 0.320. The highest BCUT2D eigenvalue weighted by atomic mass is 35.5. The molecule has 2 aromatic carbocycles. The van der Waals surface area contributed by atoms with Crippen molar-refractivity contribution in [1.82, 2.24) is 14.9 Å². The van der Waals surface area contributed by atoms with Gasteiger partial charge in [0.1, 0.15) is 11.5 Å². The van der Waals surface area contributed by atoms with Gasteiger partial charge in [0.25, 0.3) is 0 Å². The van der Waals surface area contributed by atoms with Crippen LogP contribution in [0.3, 0.4) is 0 Å². The predicted octanol–water partition coefficient (Wildman–Crippen LogP) is 5.46. The molecule has 0 saturated carbocycles. The van der Waals surface area contributed by atoms with E-state index in [1.165, 1.54) is 6.08 Å². The average molecular weight is 501 g/mol. The van der Waals surface area contributed by atoms with Gasteiger partial charge in [-0.25, -0.2) is 9.97 Å². The first-order valence-corrected chi connectivity index (χ1v) is 11.7. The Balaban J connectivity index is 1.59. The molecule has 0 radical (unpaired) electrons. The van der Waals surface area contributed by atoms with E-state index in [1.54, 1.807) is 26.5 Å². The van der Waals surface area contributed by atoms with E-state index in [2.05, 4.69) is 28.8 Å². The number of carbonyl (C=O) groups excluding carboxylic acids is 1. The molecule has 1 fully saturated rings. The Kier molecular flexibility index (Phi) is 7.14. The predicted molar refractivity (Wildman–Crippen MR) is 136 cm³/mol. The molecule has 34 heavy (non-hydrogen) atoms.